The number of hydrogen-bond donors (Lipinski definition) is 4. The monoisotopic (exact) mass is 672 g/mol. The van der Waals surface area contributed by atoms with Gasteiger partial charge in [-0.25, -0.2) is 9.59 Å². The molecular formula is C36H34Cl2N4O5. The van der Waals surface area contributed by atoms with Gasteiger partial charge in [0.15, 0.2) is 0 Å². The summed E-state index contributed by atoms with van der Waals surface area (Å²) in [5.74, 6) is -1.98. The molecule has 4 N–H and O–H groups in total. The van der Waals surface area contributed by atoms with Crippen LogP contribution in [0, 0.1) is 0 Å². The second-order valence-corrected chi connectivity index (χ2v) is 12.0. The zero-order chi connectivity index (χ0) is 33.3. The fourth-order valence-corrected chi connectivity index (χ4v) is 6.05. The number of halogens is 2. The van der Waals surface area contributed by atoms with Crippen LogP contribution in [0.25, 0.3) is 0 Å². The van der Waals surface area contributed by atoms with Gasteiger partial charge >= 0.3 is 12.0 Å². The number of nitrogens with one attached hydrogen (secondary N) is 4. The number of fused-ring (bicyclic) bond motifs is 1. The van der Waals surface area contributed by atoms with Gasteiger partial charge in [-0.05, 0) is 54.2 Å². The summed E-state index contributed by atoms with van der Waals surface area (Å²) in [6, 6.07) is 26.8. The molecule has 0 fully saturated rings. The molecule has 242 valence electrons. The van der Waals surface area contributed by atoms with E-state index in [-0.39, 0.29) is 46.4 Å². The topological polar surface area (TPSA) is 126 Å². The largest absolute Gasteiger partial charge is 0.459 e. The van der Waals surface area contributed by atoms with Gasteiger partial charge in [0.1, 0.15) is 12.6 Å². The first-order chi connectivity index (χ1) is 22.7. The Morgan fingerprint density at radius 3 is 2.17 bits per heavy atom. The Balaban J connectivity index is 1.26. The average Bonchev–Trinajstić information content (AvgIpc) is 3.48. The molecule has 0 spiro atoms. The van der Waals surface area contributed by atoms with E-state index in [4.69, 9.17) is 27.9 Å². The van der Waals surface area contributed by atoms with Crippen molar-refractivity contribution in [2.24, 2.45) is 0 Å². The van der Waals surface area contributed by atoms with Crippen LogP contribution in [0.5, 0.6) is 0 Å². The van der Waals surface area contributed by atoms with Gasteiger partial charge in [-0.15, -0.1) is 0 Å². The van der Waals surface area contributed by atoms with Gasteiger partial charge in [-0.1, -0.05) is 108 Å². The Morgan fingerprint density at radius 2 is 1.47 bits per heavy atom. The molecule has 4 amide bonds. The molecule has 0 saturated heterocycles. The van der Waals surface area contributed by atoms with Crippen molar-refractivity contribution in [3.05, 3.63) is 140 Å². The standard InChI is InChI=1S/C36H34Cl2N4O5/c1-22(24-12-6-3-7-13-24)40-33(43)26-18-28(37)32(29(38)19-26)34(44)41-31(35(45)47-21-23-10-4-2-5-11-23)20-39-36(46)42-30-17-16-25-14-8-9-15-27(25)30/h2-15,18-19,22,30-31H,16-17,20-21H2,1H3,(H,40,43)(H,41,44)(H2,39,42,46)/t22-,30+,31-/m0/s1. The molecule has 0 saturated carbocycles. The van der Waals surface area contributed by atoms with Crippen LogP contribution < -0.4 is 21.3 Å². The Morgan fingerprint density at radius 1 is 0.830 bits per heavy atom. The molecule has 3 atom stereocenters. The third-order valence-corrected chi connectivity index (χ3v) is 8.49. The molecule has 0 unspecified atom stereocenters. The predicted octanol–water partition coefficient (Wildman–Crippen LogP) is 6.31. The third kappa shape index (κ3) is 8.69. The Kier molecular flexibility index (Phi) is 11.1. The molecule has 11 heteroatoms. The van der Waals surface area contributed by atoms with E-state index in [2.05, 4.69) is 21.3 Å². The van der Waals surface area contributed by atoms with Crippen molar-refractivity contribution in [1.82, 2.24) is 21.3 Å². The lowest BCUT2D eigenvalue weighted by atomic mass is 10.1. The number of rotatable bonds is 11. The zero-order valence-corrected chi connectivity index (χ0v) is 27.1. The van der Waals surface area contributed by atoms with Gasteiger partial charge in [-0.3, -0.25) is 9.59 Å². The van der Waals surface area contributed by atoms with Crippen LogP contribution in [-0.4, -0.2) is 36.4 Å². The van der Waals surface area contributed by atoms with Crippen LogP contribution in [-0.2, 0) is 22.6 Å². The van der Waals surface area contributed by atoms with Crippen molar-refractivity contribution in [3.8, 4) is 0 Å². The minimum Gasteiger partial charge on any atom is -0.459 e. The number of carbonyl (C=O) groups excluding carboxylic acids is 4. The summed E-state index contributed by atoms with van der Waals surface area (Å²) < 4.78 is 5.48. The fourth-order valence-electron chi connectivity index (χ4n) is 5.39. The van der Waals surface area contributed by atoms with E-state index in [9.17, 15) is 19.2 Å². The summed E-state index contributed by atoms with van der Waals surface area (Å²) >= 11 is 12.9. The maximum absolute atomic E-state index is 13.5. The summed E-state index contributed by atoms with van der Waals surface area (Å²) in [7, 11) is 0. The average molecular weight is 674 g/mol. The number of carbonyl (C=O) groups is 4. The van der Waals surface area contributed by atoms with E-state index in [1.807, 2.05) is 79.7 Å². The lowest BCUT2D eigenvalue weighted by molar-refractivity contribution is -0.147. The summed E-state index contributed by atoms with van der Waals surface area (Å²) in [5.41, 5.74) is 3.91. The van der Waals surface area contributed by atoms with E-state index in [1.165, 1.54) is 17.7 Å². The molecule has 0 radical (unpaired) electrons. The van der Waals surface area contributed by atoms with E-state index in [0.717, 1.165) is 29.5 Å². The van der Waals surface area contributed by atoms with E-state index in [0.29, 0.717) is 0 Å². The highest BCUT2D eigenvalue weighted by Crippen LogP contribution is 2.30. The Bertz CT molecular complexity index is 1730. The number of benzene rings is 4. The van der Waals surface area contributed by atoms with Gasteiger partial charge in [-0.2, -0.15) is 0 Å². The minimum absolute atomic E-state index is 0.0379. The highest BCUT2D eigenvalue weighted by Gasteiger charge is 2.28. The van der Waals surface area contributed by atoms with Crippen molar-refractivity contribution < 1.29 is 23.9 Å². The maximum atomic E-state index is 13.5. The summed E-state index contributed by atoms with van der Waals surface area (Å²) in [6.45, 7) is 1.53. The molecular weight excluding hydrogens is 639 g/mol. The lowest BCUT2D eigenvalue weighted by Gasteiger charge is -2.21. The van der Waals surface area contributed by atoms with Gasteiger partial charge in [0.2, 0.25) is 0 Å². The number of aryl methyl sites for hydroxylation is 1. The molecule has 9 nitrogen and oxygen atoms in total. The summed E-state index contributed by atoms with van der Waals surface area (Å²) in [6.07, 6.45) is 1.60. The number of ether oxygens (including phenoxy) is 1. The fraction of sp³-hybridized carbons (Fsp3) is 0.222. The van der Waals surface area contributed by atoms with Crippen molar-refractivity contribution in [1.29, 1.82) is 0 Å². The summed E-state index contributed by atoms with van der Waals surface area (Å²) in [5, 5.41) is 10.9. The van der Waals surface area contributed by atoms with Crippen LogP contribution in [0.3, 0.4) is 0 Å². The number of amides is 4. The molecule has 0 aliphatic heterocycles. The van der Waals surface area contributed by atoms with Crippen LogP contribution in [0.1, 0.15) is 68.4 Å². The van der Waals surface area contributed by atoms with Crippen LogP contribution in [0.15, 0.2) is 97.1 Å². The number of esters is 1. The first kappa shape index (κ1) is 33.5. The quantitative estimate of drug-likeness (QED) is 0.139. The van der Waals surface area contributed by atoms with Crippen molar-refractivity contribution in [2.45, 2.75) is 44.5 Å². The van der Waals surface area contributed by atoms with Crippen LogP contribution in [0.4, 0.5) is 4.79 Å². The zero-order valence-electron chi connectivity index (χ0n) is 25.6. The highest BCUT2D eigenvalue weighted by molar-refractivity contribution is 6.40. The van der Waals surface area contributed by atoms with E-state index in [1.54, 1.807) is 12.1 Å². The van der Waals surface area contributed by atoms with Gasteiger partial charge in [0.05, 0.1) is 34.2 Å². The lowest BCUT2D eigenvalue weighted by Crippen LogP contribution is -2.51. The van der Waals surface area contributed by atoms with Gasteiger partial charge in [0.25, 0.3) is 11.8 Å². The van der Waals surface area contributed by atoms with Crippen LogP contribution >= 0.6 is 23.2 Å². The maximum Gasteiger partial charge on any atom is 0.330 e. The van der Waals surface area contributed by atoms with Crippen molar-refractivity contribution >= 4 is 47.0 Å². The molecule has 0 aromatic heterocycles. The molecule has 47 heavy (non-hydrogen) atoms. The Labute approximate surface area is 283 Å². The van der Waals surface area contributed by atoms with Gasteiger partial charge in [0, 0.05) is 5.56 Å². The number of hydrogen-bond acceptors (Lipinski definition) is 5. The molecule has 1 aliphatic carbocycles. The smallest absolute Gasteiger partial charge is 0.330 e. The molecule has 4 aromatic rings. The molecule has 5 rings (SSSR count). The first-order valence-electron chi connectivity index (χ1n) is 15.2. The predicted molar refractivity (Wildman–Crippen MR) is 180 cm³/mol. The molecule has 4 aromatic carbocycles. The second-order valence-electron chi connectivity index (χ2n) is 11.2. The molecule has 0 heterocycles. The second kappa shape index (κ2) is 15.6. The number of urea groups is 1. The Hall–Kier alpha value is -4.86. The van der Waals surface area contributed by atoms with Crippen molar-refractivity contribution in [2.75, 3.05) is 6.54 Å². The first-order valence-corrected chi connectivity index (χ1v) is 15.9. The third-order valence-electron chi connectivity index (χ3n) is 7.90. The van der Waals surface area contributed by atoms with E-state index >= 15 is 0 Å². The highest BCUT2D eigenvalue weighted by atomic mass is 35.5. The van der Waals surface area contributed by atoms with Crippen molar-refractivity contribution in [3.63, 3.8) is 0 Å². The minimum atomic E-state index is -1.28. The SMILES string of the molecule is C[C@H](NC(=O)c1cc(Cl)c(C(=O)N[C@@H](CNC(=O)N[C@@H]2CCc3ccccc32)C(=O)OCc2ccccc2)c(Cl)c1)c1ccccc1. The van der Waals surface area contributed by atoms with E-state index < -0.39 is 29.9 Å². The van der Waals surface area contributed by atoms with Crippen LogP contribution in [0.2, 0.25) is 10.0 Å². The normalized spacial score (nSPS) is 14.7. The van der Waals surface area contributed by atoms with Gasteiger partial charge < -0.3 is 26.0 Å². The molecule has 0 bridgehead atoms. The summed E-state index contributed by atoms with van der Waals surface area (Å²) in [4.78, 5) is 52.5. The molecule has 1 aliphatic rings.